The Kier molecular flexibility index (Phi) is 5.14. The number of nitrogens with one attached hydrogen (secondary N) is 1. The van der Waals surface area contributed by atoms with E-state index in [-0.39, 0.29) is 16.6 Å². The van der Waals surface area contributed by atoms with E-state index in [0.717, 1.165) is 0 Å². The van der Waals surface area contributed by atoms with Crippen LogP contribution in [0.4, 0.5) is 5.69 Å². The zero-order chi connectivity index (χ0) is 16.4. The third kappa shape index (κ3) is 4.05. The molecule has 0 saturated heterocycles. The van der Waals surface area contributed by atoms with Crippen LogP contribution in [-0.2, 0) is 14.9 Å². The molecule has 6 nitrogen and oxygen atoms in total. The number of hydrogen-bond acceptors (Lipinski definition) is 4. The second kappa shape index (κ2) is 6.28. The highest BCUT2D eigenvalue weighted by Crippen LogP contribution is 2.31. The monoisotopic (exact) mass is 313 g/mol. The molecule has 7 heteroatoms. The minimum Gasteiger partial charge on any atom is -0.495 e. The van der Waals surface area contributed by atoms with Gasteiger partial charge in [0.05, 0.1) is 18.7 Å². The number of hydrogen-bond donors (Lipinski definition) is 2. The molecule has 0 aliphatic carbocycles. The van der Waals surface area contributed by atoms with Gasteiger partial charge in [0, 0.05) is 6.07 Å². The first-order valence-electron chi connectivity index (χ1n) is 6.20. The minimum atomic E-state index is -4.35. The molecule has 0 aromatic heterocycles. The quantitative estimate of drug-likeness (QED) is 0.643. The van der Waals surface area contributed by atoms with Gasteiger partial charge in [0.1, 0.15) is 10.6 Å². The predicted octanol–water partition coefficient (Wildman–Crippen LogP) is 2.40. The van der Waals surface area contributed by atoms with Gasteiger partial charge in [-0.25, -0.2) is 0 Å². The van der Waals surface area contributed by atoms with Crippen LogP contribution < -0.4 is 10.1 Å². The topological polar surface area (TPSA) is 92.7 Å². The van der Waals surface area contributed by atoms with Crippen molar-refractivity contribution in [2.24, 2.45) is 5.92 Å². The number of rotatable bonds is 5. The van der Waals surface area contributed by atoms with Crippen molar-refractivity contribution >= 4 is 21.7 Å². The lowest BCUT2D eigenvalue weighted by Crippen LogP contribution is -2.21. The normalized spacial score (nSPS) is 12.6. The lowest BCUT2D eigenvalue weighted by Gasteiger charge is -2.16. The smallest absolute Gasteiger partial charge is 0.294 e. The van der Waals surface area contributed by atoms with Gasteiger partial charge in [0.15, 0.2) is 0 Å². The fourth-order valence-electron chi connectivity index (χ4n) is 1.68. The van der Waals surface area contributed by atoms with E-state index in [1.54, 1.807) is 13.8 Å². The maximum Gasteiger partial charge on any atom is 0.294 e. The fraction of sp³-hybridized carbons (Fsp3) is 0.357. The van der Waals surface area contributed by atoms with E-state index >= 15 is 0 Å². The molecule has 0 fully saturated rings. The number of methoxy groups -OCH3 is 1. The summed E-state index contributed by atoms with van der Waals surface area (Å²) >= 11 is 0. The van der Waals surface area contributed by atoms with Crippen LogP contribution in [-0.4, -0.2) is 26.0 Å². The maximum atomic E-state index is 12.0. The van der Waals surface area contributed by atoms with Crippen LogP contribution in [0.1, 0.15) is 19.4 Å². The molecule has 1 rings (SSSR count). The highest BCUT2D eigenvalue weighted by atomic mass is 32.2. The zero-order valence-electron chi connectivity index (χ0n) is 12.4. The molecule has 1 amide bonds. The maximum absolute atomic E-state index is 12.0. The summed E-state index contributed by atoms with van der Waals surface area (Å²) in [7, 11) is -3.00. The number of benzene rings is 1. The first-order valence-corrected chi connectivity index (χ1v) is 7.64. The molecule has 0 bridgehead atoms. The minimum absolute atomic E-state index is 0.149. The molecular formula is C14H19NO5S. The Morgan fingerprint density at radius 1 is 1.43 bits per heavy atom. The molecule has 0 saturated carbocycles. The van der Waals surface area contributed by atoms with Crippen LogP contribution in [0.25, 0.3) is 0 Å². The summed E-state index contributed by atoms with van der Waals surface area (Å²) in [5.41, 5.74) is 1.34. The van der Waals surface area contributed by atoms with Crippen LogP contribution in [0.2, 0.25) is 0 Å². The van der Waals surface area contributed by atoms with Gasteiger partial charge in [-0.3, -0.25) is 9.35 Å². The van der Waals surface area contributed by atoms with Crippen molar-refractivity contribution in [2.45, 2.75) is 25.7 Å². The van der Waals surface area contributed by atoms with Crippen molar-refractivity contribution in [1.29, 1.82) is 0 Å². The van der Waals surface area contributed by atoms with Gasteiger partial charge < -0.3 is 10.1 Å². The number of carbonyl (C=O) groups is 1. The second-order valence-electron chi connectivity index (χ2n) is 4.85. The molecule has 0 heterocycles. The van der Waals surface area contributed by atoms with E-state index in [0.29, 0.717) is 16.8 Å². The van der Waals surface area contributed by atoms with Crippen molar-refractivity contribution in [3.63, 3.8) is 0 Å². The third-order valence-electron chi connectivity index (χ3n) is 3.17. The molecule has 0 aliphatic heterocycles. The Bertz CT molecular complexity index is 679. The van der Waals surface area contributed by atoms with E-state index in [9.17, 15) is 13.2 Å². The highest BCUT2D eigenvalue weighted by Gasteiger charge is 2.20. The van der Waals surface area contributed by atoms with Crippen LogP contribution in [0.15, 0.2) is 29.2 Å². The molecule has 0 aliphatic rings. The Labute approximate surface area is 124 Å². The van der Waals surface area contributed by atoms with Gasteiger partial charge in [-0.15, -0.1) is 0 Å². The first kappa shape index (κ1) is 17.2. The molecule has 1 atom stereocenters. The van der Waals surface area contributed by atoms with Crippen molar-refractivity contribution in [1.82, 2.24) is 0 Å². The van der Waals surface area contributed by atoms with Gasteiger partial charge in [0.2, 0.25) is 5.91 Å². The Morgan fingerprint density at radius 2 is 2.00 bits per heavy atom. The van der Waals surface area contributed by atoms with Crippen LogP contribution >= 0.6 is 0 Å². The van der Waals surface area contributed by atoms with Gasteiger partial charge >= 0.3 is 0 Å². The number of anilines is 1. The van der Waals surface area contributed by atoms with Crippen molar-refractivity contribution in [2.75, 3.05) is 12.4 Å². The number of carbonyl (C=O) groups excluding carboxylic acids is 1. The van der Waals surface area contributed by atoms with E-state index in [1.807, 2.05) is 0 Å². The zero-order valence-corrected chi connectivity index (χ0v) is 13.2. The van der Waals surface area contributed by atoms with Gasteiger partial charge in [-0.2, -0.15) is 8.42 Å². The standard InChI is InChI=1S/C14H19NO5S/c1-8(2)10(4)14(16)15-11-6-9(3)13(21(17,18)19)7-12(11)20-5/h6-7,10H,1H2,2-5H3,(H,15,16)(H,17,18,19). The summed E-state index contributed by atoms with van der Waals surface area (Å²) in [5.74, 6) is -0.522. The third-order valence-corrected chi connectivity index (χ3v) is 4.16. The Morgan fingerprint density at radius 3 is 2.43 bits per heavy atom. The summed E-state index contributed by atoms with van der Waals surface area (Å²) in [6.07, 6.45) is 0. The van der Waals surface area contributed by atoms with Gasteiger partial charge in [0.25, 0.3) is 10.1 Å². The molecule has 2 N–H and O–H groups in total. The summed E-state index contributed by atoms with van der Waals surface area (Å²) in [6, 6.07) is 2.61. The fourth-order valence-corrected chi connectivity index (χ4v) is 2.40. The SMILES string of the molecule is C=C(C)C(C)C(=O)Nc1cc(C)c(S(=O)(=O)O)cc1OC. The average molecular weight is 313 g/mol. The lowest BCUT2D eigenvalue weighted by molar-refractivity contribution is -0.118. The van der Waals surface area contributed by atoms with Crippen molar-refractivity contribution in [3.05, 3.63) is 29.8 Å². The molecule has 1 aromatic rings. The summed E-state index contributed by atoms with van der Waals surface area (Å²) < 4.78 is 36.7. The molecule has 21 heavy (non-hydrogen) atoms. The van der Waals surface area contributed by atoms with Crippen molar-refractivity contribution in [3.8, 4) is 5.75 Å². The lowest BCUT2D eigenvalue weighted by atomic mass is 10.0. The second-order valence-corrected chi connectivity index (χ2v) is 6.24. The molecule has 1 unspecified atom stereocenters. The highest BCUT2D eigenvalue weighted by molar-refractivity contribution is 7.85. The van der Waals surface area contributed by atoms with Gasteiger partial charge in [-0.05, 0) is 32.4 Å². The Balaban J connectivity index is 3.24. The summed E-state index contributed by atoms with van der Waals surface area (Å²) in [4.78, 5) is 11.8. The van der Waals surface area contributed by atoms with E-state index in [4.69, 9.17) is 9.29 Å². The first-order chi connectivity index (χ1) is 9.57. The van der Waals surface area contributed by atoms with E-state index < -0.39 is 16.0 Å². The van der Waals surface area contributed by atoms with Crippen LogP contribution in [0, 0.1) is 12.8 Å². The van der Waals surface area contributed by atoms with Crippen LogP contribution in [0.5, 0.6) is 5.75 Å². The number of aryl methyl sites for hydroxylation is 1. The summed E-state index contributed by atoms with van der Waals surface area (Å²) in [5, 5.41) is 2.66. The van der Waals surface area contributed by atoms with Crippen LogP contribution in [0.3, 0.4) is 0 Å². The van der Waals surface area contributed by atoms with E-state index in [1.165, 1.54) is 26.2 Å². The molecule has 0 radical (unpaired) electrons. The molecule has 116 valence electrons. The number of amides is 1. The van der Waals surface area contributed by atoms with Gasteiger partial charge in [-0.1, -0.05) is 12.2 Å². The summed E-state index contributed by atoms with van der Waals surface area (Å²) in [6.45, 7) is 8.69. The molecule has 0 spiro atoms. The number of ether oxygens (including phenoxy) is 1. The Hall–Kier alpha value is -1.86. The van der Waals surface area contributed by atoms with Crippen molar-refractivity contribution < 1.29 is 22.5 Å². The molecule has 1 aromatic carbocycles. The average Bonchev–Trinajstić information content (AvgIpc) is 2.36. The predicted molar refractivity (Wildman–Crippen MR) is 80.2 cm³/mol. The van der Waals surface area contributed by atoms with E-state index in [2.05, 4.69) is 11.9 Å². The largest absolute Gasteiger partial charge is 0.495 e. The molecular weight excluding hydrogens is 294 g/mol.